The number of hydrogen-bond acceptors (Lipinski definition) is 2. The summed E-state index contributed by atoms with van der Waals surface area (Å²) in [5.41, 5.74) is 8.06. The highest BCUT2D eigenvalue weighted by Gasteiger charge is 2.57. The molecule has 3 atom stereocenters. The van der Waals surface area contributed by atoms with Crippen LogP contribution < -0.4 is 9.80 Å². The smallest absolute Gasteiger partial charge is 0.117 e. The zero-order valence-corrected chi connectivity index (χ0v) is 13.5. The molecule has 0 amide bonds. The van der Waals surface area contributed by atoms with Crippen molar-refractivity contribution in [3.8, 4) is 0 Å². The van der Waals surface area contributed by atoms with Crippen LogP contribution in [-0.4, -0.2) is 6.17 Å². The molecule has 23 heavy (non-hydrogen) atoms. The molecule has 0 radical (unpaired) electrons. The average molecular weight is 300 g/mol. The quantitative estimate of drug-likeness (QED) is 0.704. The van der Waals surface area contributed by atoms with E-state index in [-0.39, 0.29) is 0 Å². The van der Waals surface area contributed by atoms with Crippen molar-refractivity contribution in [2.45, 2.75) is 25.9 Å². The van der Waals surface area contributed by atoms with Gasteiger partial charge in [-0.1, -0.05) is 47.5 Å². The van der Waals surface area contributed by atoms with Crippen LogP contribution in [0, 0.1) is 19.8 Å². The minimum atomic E-state index is 0.338. The summed E-state index contributed by atoms with van der Waals surface area (Å²) in [7, 11) is 0. The molecule has 2 aromatic carbocycles. The maximum Gasteiger partial charge on any atom is 0.117 e. The Morgan fingerprint density at radius 1 is 0.870 bits per heavy atom. The fourth-order valence-corrected chi connectivity index (χ4v) is 4.23. The van der Waals surface area contributed by atoms with Gasteiger partial charge in [-0.15, -0.1) is 0 Å². The molecule has 2 heteroatoms. The maximum atomic E-state index is 4.36. The third-order valence-corrected chi connectivity index (χ3v) is 5.49. The van der Waals surface area contributed by atoms with Crippen molar-refractivity contribution in [2.75, 3.05) is 9.80 Å². The van der Waals surface area contributed by atoms with Crippen LogP contribution >= 0.6 is 0 Å². The zero-order valence-electron chi connectivity index (χ0n) is 13.5. The summed E-state index contributed by atoms with van der Waals surface area (Å²) in [5.74, 6) is 1.06. The van der Waals surface area contributed by atoms with E-state index in [1.54, 1.807) is 0 Å². The van der Waals surface area contributed by atoms with E-state index in [9.17, 15) is 0 Å². The van der Waals surface area contributed by atoms with Crippen molar-refractivity contribution in [1.29, 1.82) is 0 Å². The van der Waals surface area contributed by atoms with Gasteiger partial charge < -0.3 is 9.80 Å². The molecule has 114 valence electrons. The minimum Gasteiger partial charge on any atom is -0.325 e. The first-order chi connectivity index (χ1) is 11.1. The Morgan fingerprint density at radius 3 is 2.35 bits per heavy atom. The lowest BCUT2D eigenvalue weighted by Crippen LogP contribution is -2.43. The van der Waals surface area contributed by atoms with Crippen LogP contribution in [0.5, 0.6) is 0 Å². The molecule has 0 bridgehead atoms. The molecule has 0 N–H and O–H groups in total. The monoisotopic (exact) mass is 300 g/mol. The molecular weight excluding hydrogens is 280 g/mol. The topological polar surface area (TPSA) is 6.48 Å². The first-order valence-electron chi connectivity index (χ1n) is 8.26. The van der Waals surface area contributed by atoms with Gasteiger partial charge in [0.15, 0.2) is 0 Å². The lowest BCUT2D eigenvalue weighted by atomic mass is 9.97. The first-order valence-corrected chi connectivity index (χ1v) is 8.26. The number of fused-ring (bicyclic) bond motifs is 6. The van der Waals surface area contributed by atoms with Crippen molar-refractivity contribution in [3.05, 3.63) is 83.7 Å². The van der Waals surface area contributed by atoms with Gasteiger partial charge in [0.2, 0.25) is 0 Å². The Morgan fingerprint density at radius 2 is 1.57 bits per heavy atom. The summed E-state index contributed by atoms with van der Waals surface area (Å²) in [6.07, 6.45) is 4.78. The molecule has 1 aliphatic carbocycles. The van der Waals surface area contributed by atoms with Gasteiger partial charge in [0.1, 0.15) is 6.17 Å². The summed E-state index contributed by atoms with van der Waals surface area (Å²) in [4.78, 5) is 4.83. The maximum absolute atomic E-state index is 4.36. The molecule has 0 aromatic heterocycles. The Bertz CT molecular complexity index is 847. The van der Waals surface area contributed by atoms with Gasteiger partial charge in [-0.2, -0.15) is 0 Å². The molecule has 1 fully saturated rings. The van der Waals surface area contributed by atoms with E-state index < -0.39 is 0 Å². The zero-order chi connectivity index (χ0) is 15.7. The van der Waals surface area contributed by atoms with Gasteiger partial charge >= 0.3 is 0 Å². The molecule has 0 saturated heterocycles. The van der Waals surface area contributed by atoms with Crippen molar-refractivity contribution >= 4 is 11.4 Å². The fraction of sp³-hybridized carbons (Fsp3) is 0.238. The molecule has 2 aliphatic heterocycles. The van der Waals surface area contributed by atoms with Crippen LogP contribution in [0.2, 0.25) is 0 Å². The second-order valence-corrected chi connectivity index (χ2v) is 7.00. The summed E-state index contributed by atoms with van der Waals surface area (Å²) in [5, 5.41) is 0. The van der Waals surface area contributed by atoms with Crippen molar-refractivity contribution < 1.29 is 0 Å². The van der Waals surface area contributed by atoms with E-state index in [4.69, 9.17) is 0 Å². The number of anilines is 2. The number of aryl methyl sites for hydroxylation is 2. The fourth-order valence-electron chi connectivity index (χ4n) is 4.23. The van der Waals surface area contributed by atoms with Crippen molar-refractivity contribution in [2.24, 2.45) is 5.92 Å². The Hall–Kier alpha value is -2.48. The molecule has 0 spiro atoms. The van der Waals surface area contributed by atoms with Crippen LogP contribution in [0.3, 0.4) is 0 Å². The van der Waals surface area contributed by atoms with E-state index in [2.05, 4.69) is 85.1 Å². The number of hydrogen-bond donors (Lipinski definition) is 0. The lowest BCUT2D eigenvalue weighted by molar-refractivity contribution is 0.580. The highest BCUT2D eigenvalue weighted by molar-refractivity contribution is 5.74. The van der Waals surface area contributed by atoms with Gasteiger partial charge in [0, 0.05) is 35.6 Å². The Balaban J connectivity index is 1.60. The first kappa shape index (κ1) is 13.0. The van der Waals surface area contributed by atoms with E-state index in [0.29, 0.717) is 18.0 Å². The number of nitrogens with zero attached hydrogens (tertiary/aromatic N) is 2. The van der Waals surface area contributed by atoms with E-state index in [0.717, 1.165) is 0 Å². The molecule has 1 saturated carbocycles. The van der Waals surface area contributed by atoms with Gasteiger partial charge in [0.25, 0.3) is 0 Å². The van der Waals surface area contributed by atoms with Gasteiger partial charge in [-0.05, 0) is 37.6 Å². The molecule has 2 aromatic rings. The summed E-state index contributed by atoms with van der Waals surface area (Å²) >= 11 is 0. The second kappa shape index (κ2) is 4.29. The normalized spacial score (nSPS) is 26.9. The van der Waals surface area contributed by atoms with E-state index in [1.807, 2.05) is 0 Å². The standard InChI is InChI=1S/C21H20N2/c1-13-4-7-16(8-5-13)22-10-11-23-18-9-6-14(2)12-17(18)19-15(3)20(19)21(22)23/h4-12,19-21H,3H2,1-2H3. The average Bonchev–Trinajstić information content (AvgIpc) is 3.02. The van der Waals surface area contributed by atoms with Gasteiger partial charge in [0.05, 0.1) is 0 Å². The van der Waals surface area contributed by atoms with Crippen molar-refractivity contribution in [3.63, 3.8) is 0 Å². The second-order valence-electron chi connectivity index (χ2n) is 7.00. The predicted octanol–water partition coefficient (Wildman–Crippen LogP) is 4.71. The number of rotatable bonds is 1. The van der Waals surface area contributed by atoms with E-state index in [1.165, 1.54) is 33.6 Å². The molecule has 3 unspecified atom stereocenters. The summed E-state index contributed by atoms with van der Waals surface area (Å²) in [6.45, 7) is 8.67. The predicted molar refractivity (Wildman–Crippen MR) is 95.6 cm³/mol. The molecular formula is C21H20N2. The van der Waals surface area contributed by atoms with Crippen LogP contribution in [-0.2, 0) is 0 Å². The third kappa shape index (κ3) is 1.69. The molecule has 3 aliphatic rings. The Kier molecular flexibility index (Phi) is 2.42. The summed E-state index contributed by atoms with van der Waals surface area (Å²) in [6, 6.07) is 15.6. The number of benzene rings is 2. The molecule has 2 nitrogen and oxygen atoms in total. The van der Waals surface area contributed by atoms with Crippen LogP contribution in [0.4, 0.5) is 11.4 Å². The molecule has 5 rings (SSSR count). The van der Waals surface area contributed by atoms with Gasteiger partial charge in [-0.25, -0.2) is 0 Å². The van der Waals surface area contributed by atoms with Crippen molar-refractivity contribution in [1.82, 2.24) is 0 Å². The lowest BCUT2D eigenvalue weighted by Gasteiger charge is -2.37. The highest BCUT2D eigenvalue weighted by atomic mass is 15.4. The van der Waals surface area contributed by atoms with Gasteiger partial charge in [-0.3, -0.25) is 0 Å². The minimum absolute atomic E-state index is 0.338. The van der Waals surface area contributed by atoms with E-state index >= 15 is 0 Å². The van der Waals surface area contributed by atoms with Crippen LogP contribution in [0.1, 0.15) is 22.6 Å². The molecule has 2 heterocycles. The van der Waals surface area contributed by atoms with Crippen LogP contribution in [0.25, 0.3) is 0 Å². The van der Waals surface area contributed by atoms with Crippen LogP contribution in [0.15, 0.2) is 67.0 Å². The Labute approximate surface area is 137 Å². The third-order valence-electron chi connectivity index (χ3n) is 5.49. The SMILES string of the molecule is C=C1C2c3cc(C)ccc3N3C=CN(c4ccc(C)cc4)C3C12. The largest absolute Gasteiger partial charge is 0.325 e. The highest BCUT2D eigenvalue weighted by Crippen LogP contribution is 2.63. The summed E-state index contributed by atoms with van der Waals surface area (Å²) < 4.78 is 0.